The summed E-state index contributed by atoms with van der Waals surface area (Å²) in [6.07, 6.45) is 1.48. The van der Waals surface area contributed by atoms with E-state index in [0.717, 1.165) is 10.4 Å². The number of rotatable bonds is 3. The van der Waals surface area contributed by atoms with Crippen LogP contribution in [0.5, 0.6) is 5.75 Å². The van der Waals surface area contributed by atoms with E-state index < -0.39 is 0 Å². The fourth-order valence-electron chi connectivity index (χ4n) is 0.696. The second-order valence-electron chi connectivity index (χ2n) is 2.78. The van der Waals surface area contributed by atoms with Gasteiger partial charge in [-0.1, -0.05) is 60.1 Å². The molecule has 1 aromatic carbocycles. The van der Waals surface area contributed by atoms with Crippen molar-refractivity contribution in [3.8, 4) is 5.75 Å². The van der Waals surface area contributed by atoms with Crippen molar-refractivity contribution in [3.05, 3.63) is 53.6 Å². The molecule has 0 radical (unpaired) electrons. The predicted molar refractivity (Wildman–Crippen MR) is 98.5 cm³/mol. The molecule has 114 valence electrons. The Kier molecular flexibility index (Phi) is 21.1. The molecule has 0 aliphatic rings. The van der Waals surface area contributed by atoms with Crippen molar-refractivity contribution in [2.45, 2.75) is 27.7 Å². The van der Waals surface area contributed by atoms with E-state index in [-0.39, 0.29) is 0 Å². The summed E-state index contributed by atoms with van der Waals surface area (Å²) in [6, 6.07) is 5.42. The van der Waals surface area contributed by atoms with Gasteiger partial charge in [0.15, 0.2) is 0 Å². The molecule has 0 heterocycles. The van der Waals surface area contributed by atoms with Crippen LogP contribution in [0.15, 0.2) is 43.2 Å². The Balaban J connectivity index is -0.000000250. The van der Waals surface area contributed by atoms with Crippen LogP contribution in [0.3, 0.4) is 0 Å². The summed E-state index contributed by atoms with van der Waals surface area (Å²) < 4.78 is 8.96. The van der Waals surface area contributed by atoms with Crippen molar-refractivity contribution in [1.82, 2.24) is 0 Å². The lowest BCUT2D eigenvalue weighted by Gasteiger charge is -1.94. The number of hydrogen-bond acceptors (Lipinski definition) is 4. The van der Waals surface area contributed by atoms with Gasteiger partial charge in [-0.3, -0.25) is 0 Å². The van der Waals surface area contributed by atoms with E-state index in [1.165, 1.54) is 6.08 Å². The first kappa shape index (κ1) is 23.8. The molecule has 2 nitrogen and oxygen atoms in total. The smallest absolute Gasteiger partial charge is 0.137 e. The maximum absolute atomic E-state index is 4.68. The van der Waals surface area contributed by atoms with E-state index >= 15 is 0 Å². The Hall–Kier alpha value is -1.26. The van der Waals surface area contributed by atoms with E-state index in [9.17, 15) is 0 Å². The summed E-state index contributed by atoms with van der Waals surface area (Å²) in [5.74, 6) is 1.17. The summed E-state index contributed by atoms with van der Waals surface area (Å²) in [5, 5.41) is 1.78. The molecule has 1 aromatic rings. The second-order valence-corrected chi connectivity index (χ2v) is 3.15. The summed E-state index contributed by atoms with van der Waals surface area (Å²) >= 11 is 7.07. The van der Waals surface area contributed by atoms with E-state index in [1.54, 1.807) is 12.1 Å². The van der Waals surface area contributed by atoms with Gasteiger partial charge in [0, 0.05) is 25.8 Å². The largest absolute Gasteiger partial charge is 0.430 e. The van der Waals surface area contributed by atoms with Gasteiger partial charge in [0.2, 0.25) is 0 Å². The van der Waals surface area contributed by atoms with Gasteiger partial charge in [-0.25, -0.2) is 0 Å². The Bertz CT molecular complexity index is 456. The normalized spacial score (nSPS) is 7.30. The average Bonchev–Trinajstić information content (AvgIpc) is 2.53. The molecule has 0 fully saturated rings. The maximum atomic E-state index is 4.68. The number of allylic oxidation sites excluding steroid dienone is 1. The zero-order valence-electron chi connectivity index (χ0n) is 12.8. The van der Waals surface area contributed by atoms with Gasteiger partial charge in [-0.2, -0.15) is 0 Å². The molecule has 0 N–H and O–H groups in total. The molecule has 1 rings (SSSR count). The second kappa shape index (κ2) is 17.7. The SMILES string of the molecule is C=CC(=C)OS.C=c1ccc(OS)cc1=C.CC.CC. The zero-order valence-corrected chi connectivity index (χ0v) is 14.6. The highest BCUT2D eigenvalue weighted by molar-refractivity contribution is 7.75. The lowest BCUT2D eigenvalue weighted by atomic mass is 10.2. The fraction of sp³-hybridized carbons (Fsp3) is 0.250. The Morgan fingerprint density at radius 1 is 1.05 bits per heavy atom. The summed E-state index contributed by atoms with van der Waals surface area (Å²) in [5.41, 5.74) is 0. The van der Waals surface area contributed by atoms with Gasteiger partial charge in [0.25, 0.3) is 0 Å². The third kappa shape index (κ3) is 13.2. The molecule has 0 bridgehead atoms. The topological polar surface area (TPSA) is 18.5 Å². The van der Waals surface area contributed by atoms with Crippen LogP contribution in [0.2, 0.25) is 0 Å². The van der Waals surface area contributed by atoms with Gasteiger partial charge in [-0.05, 0) is 28.6 Å². The molecular formula is C16H26O2S2. The number of benzene rings is 1. The summed E-state index contributed by atoms with van der Waals surface area (Å²) in [6.45, 7) is 22.2. The molecule has 0 unspecified atom stereocenters. The molecule has 0 aliphatic carbocycles. The summed E-state index contributed by atoms with van der Waals surface area (Å²) in [7, 11) is 0. The first-order valence-electron chi connectivity index (χ1n) is 6.27. The van der Waals surface area contributed by atoms with Crippen LogP contribution in [-0.4, -0.2) is 0 Å². The Morgan fingerprint density at radius 3 is 1.80 bits per heavy atom. The highest BCUT2D eigenvalue weighted by atomic mass is 32.1. The van der Waals surface area contributed by atoms with Crippen LogP contribution < -0.4 is 14.6 Å². The van der Waals surface area contributed by atoms with Gasteiger partial charge in [0.1, 0.15) is 11.5 Å². The summed E-state index contributed by atoms with van der Waals surface area (Å²) in [4.78, 5) is 0. The molecular weight excluding hydrogens is 288 g/mol. The number of hydrogen-bond donors (Lipinski definition) is 2. The van der Waals surface area contributed by atoms with E-state index in [2.05, 4.69) is 60.5 Å². The molecule has 0 spiro atoms. The van der Waals surface area contributed by atoms with Crippen LogP contribution in [0.1, 0.15) is 27.7 Å². The van der Waals surface area contributed by atoms with Crippen LogP contribution >= 0.6 is 25.8 Å². The van der Waals surface area contributed by atoms with Crippen molar-refractivity contribution in [1.29, 1.82) is 0 Å². The van der Waals surface area contributed by atoms with Crippen LogP contribution in [0.25, 0.3) is 13.2 Å². The van der Waals surface area contributed by atoms with E-state index in [0.29, 0.717) is 11.5 Å². The van der Waals surface area contributed by atoms with E-state index in [4.69, 9.17) is 0 Å². The van der Waals surface area contributed by atoms with Gasteiger partial charge < -0.3 is 8.37 Å². The molecule has 0 aromatic heterocycles. The third-order valence-corrected chi connectivity index (χ3v) is 2.07. The molecule has 0 atom stereocenters. The minimum Gasteiger partial charge on any atom is -0.430 e. The van der Waals surface area contributed by atoms with Gasteiger partial charge in [-0.15, -0.1) is 0 Å². The lowest BCUT2D eigenvalue weighted by Crippen LogP contribution is -2.19. The predicted octanol–water partition coefficient (Wildman–Crippen LogP) is 4.33. The van der Waals surface area contributed by atoms with Crippen LogP contribution in [0, 0.1) is 0 Å². The van der Waals surface area contributed by atoms with E-state index in [1.807, 2.05) is 33.8 Å². The van der Waals surface area contributed by atoms with Crippen LogP contribution in [-0.2, 0) is 4.18 Å². The van der Waals surface area contributed by atoms with Crippen molar-refractivity contribution in [2.75, 3.05) is 0 Å². The molecule has 0 amide bonds. The lowest BCUT2D eigenvalue weighted by molar-refractivity contribution is 0.536. The minimum absolute atomic E-state index is 0.471. The number of thiol groups is 2. The van der Waals surface area contributed by atoms with Gasteiger partial charge >= 0.3 is 0 Å². The highest BCUT2D eigenvalue weighted by Gasteiger charge is 1.87. The van der Waals surface area contributed by atoms with Crippen molar-refractivity contribution < 1.29 is 8.37 Å². The van der Waals surface area contributed by atoms with Gasteiger partial charge in [0.05, 0.1) is 0 Å². The van der Waals surface area contributed by atoms with Crippen molar-refractivity contribution in [2.24, 2.45) is 0 Å². The Morgan fingerprint density at radius 2 is 1.55 bits per heavy atom. The van der Waals surface area contributed by atoms with Crippen molar-refractivity contribution in [3.63, 3.8) is 0 Å². The van der Waals surface area contributed by atoms with Crippen molar-refractivity contribution >= 4 is 39.0 Å². The Labute approximate surface area is 134 Å². The third-order valence-electron chi connectivity index (χ3n) is 1.63. The average molecular weight is 315 g/mol. The molecule has 0 saturated heterocycles. The zero-order chi connectivity index (χ0) is 16.6. The first-order valence-corrected chi connectivity index (χ1v) is 7.00. The standard InChI is InChI=1S/C8H8OS.C4H6OS.2C2H6/c1-6-3-4-8(9-10)5-7(6)2;1-3-4(2)5-6;2*1-2/h3-5,10H,1-2H2;3,6H,1-2H2;2*1-2H3. The highest BCUT2D eigenvalue weighted by Crippen LogP contribution is 2.04. The fourth-order valence-corrected chi connectivity index (χ4v) is 0.884. The van der Waals surface area contributed by atoms with Crippen LogP contribution in [0.4, 0.5) is 0 Å². The monoisotopic (exact) mass is 314 g/mol. The molecule has 0 saturated carbocycles. The minimum atomic E-state index is 0.471. The quantitative estimate of drug-likeness (QED) is 0.374. The molecule has 20 heavy (non-hydrogen) atoms. The molecule has 4 heteroatoms. The molecule has 0 aliphatic heterocycles. The maximum Gasteiger partial charge on any atom is 0.137 e. The first-order chi connectivity index (χ1) is 9.54.